The number of benzene rings is 1. The van der Waals surface area contributed by atoms with Crippen LogP contribution in [-0.2, 0) is 12.8 Å². The number of thiazole rings is 1. The Hall–Kier alpha value is -1.19. The van der Waals surface area contributed by atoms with Gasteiger partial charge in [0.1, 0.15) is 0 Å². The minimum atomic E-state index is 0.494. The van der Waals surface area contributed by atoms with E-state index in [1.54, 1.807) is 11.3 Å². The highest BCUT2D eigenvalue weighted by Crippen LogP contribution is 2.37. The average Bonchev–Trinajstić information content (AvgIpc) is 2.96. The summed E-state index contributed by atoms with van der Waals surface area (Å²) in [6.45, 7) is 0. The Morgan fingerprint density at radius 3 is 3.06 bits per heavy atom. The van der Waals surface area contributed by atoms with Gasteiger partial charge in [-0.05, 0) is 36.9 Å². The van der Waals surface area contributed by atoms with E-state index < -0.39 is 0 Å². The lowest BCUT2D eigenvalue weighted by Gasteiger charge is -2.19. The first-order valence-corrected chi connectivity index (χ1v) is 6.89. The monoisotopic (exact) mass is 244 g/mol. The van der Waals surface area contributed by atoms with Crippen LogP contribution in [0.15, 0.2) is 36.0 Å². The molecule has 2 nitrogen and oxygen atoms in total. The number of aromatic nitrogens is 1. The smallest absolute Gasteiger partial charge is 0.0794 e. The molecule has 1 heterocycles. The molecule has 0 bridgehead atoms. The molecule has 0 fully saturated rings. The van der Waals surface area contributed by atoms with Crippen molar-refractivity contribution in [3.8, 4) is 0 Å². The molecule has 0 spiro atoms. The van der Waals surface area contributed by atoms with E-state index in [9.17, 15) is 0 Å². The number of nitrogens with zero attached hydrogens (tertiary/aromatic N) is 1. The summed E-state index contributed by atoms with van der Waals surface area (Å²) >= 11 is 1.76. The lowest BCUT2D eigenvalue weighted by atomic mass is 9.96. The van der Waals surface area contributed by atoms with Crippen LogP contribution in [0.1, 0.15) is 22.0 Å². The third-order valence-electron chi connectivity index (χ3n) is 3.60. The van der Waals surface area contributed by atoms with Crippen LogP contribution in [0.4, 0.5) is 0 Å². The molecule has 0 aliphatic heterocycles. The number of rotatable bonds is 3. The summed E-state index contributed by atoms with van der Waals surface area (Å²) in [4.78, 5) is 5.55. The van der Waals surface area contributed by atoms with Gasteiger partial charge in [-0.3, -0.25) is 4.98 Å². The van der Waals surface area contributed by atoms with E-state index in [4.69, 9.17) is 0 Å². The van der Waals surface area contributed by atoms with E-state index in [0.717, 1.165) is 6.42 Å². The molecule has 1 N–H and O–H groups in total. The molecular weight excluding hydrogens is 228 g/mol. The highest BCUT2D eigenvalue weighted by Gasteiger charge is 2.31. The van der Waals surface area contributed by atoms with Crippen LogP contribution in [0.2, 0.25) is 0 Å². The van der Waals surface area contributed by atoms with Crippen LogP contribution in [0.25, 0.3) is 0 Å². The van der Waals surface area contributed by atoms with Crippen molar-refractivity contribution in [3.63, 3.8) is 0 Å². The number of fused-ring (bicyclic) bond motifs is 1. The number of nitrogens with one attached hydrogen (secondary N) is 1. The highest BCUT2D eigenvalue weighted by molar-refractivity contribution is 7.09. The van der Waals surface area contributed by atoms with E-state index >= 15 is 0 Å². The van der Waals surface area contributed by atoms with Crippen LogP contribution in [0.5, 0.6) is 0 Å². The van der Waals surface area contributed by atoms with Crippen molar-refractivity contribution in [2.24, 2.45) is 5.92 Å². The minimum absolute atomic E-state index is 0.494. The molecule has 3 rings (SSSR count). The van der Waals surface area contributed by atoms with Crippen molar-refractivity contribution in [3.05, 3.63) is 52.0 Å². The van der Waals surface area contributed by atoms with Crippen molar-refractivity contribution in [2.75, 3.05) is 7.05 Å². The SMILES string of the molecule is CNC1c2ccccc2CC1Cc1cncs1. The van der Waals surface area contributed by atoms with E-state index in [2.05, 4.69) is 41.6 Å². The third-order valence-corrected chi connectivity index (χ3v) is 4.40. The lowest BCUT2D eigenvalue weighted by molar-refractivity contribution is 0.412. The third kappa shape index (κ3) is 2.01. The second kappa shape index (κ2) is 4.59. The van der Waals surface area contributed by atoms with Crippen LogP contribution in [-0.4, -0.2) is 12.0 Å². The largest absolute Gasteiger partial charge is 0.313 e. The fraction of sp³-hybridized carbons (Fsp3) is 0.357. The number of hydrogen-bond acceptors (Lipinski definition) is 3. The average molecular weight is 244 g/mol. The van der Waals surface area contributed by atoms with E-state index in [1.807, 2.05) is 11.7 Å². The van der Waals surface area contributed by atoms with E-state index in [-0.39, 0.29) is 0 Å². The molecule has 1 aliphatic carbocycles. The Kier molecular flexibility index (Phi) is 2.95. The van der Waals surface area contributed by atoms with E-state index in [0.29, 0.717) is 12.0 Å². The maximum atomic E-state index is 4.16. The summed E-state index contributed by atoms with van der Waals surface area (Å²) in [7, 11) is 2.06. The van der Waals surface area contributed by atoms with Crippen molar-refractivity contribution < 1.29 is 0 Å². The van der Waals surface area contributed by atoms with E-state index in [1.165, 1.54) is 22.4 Å². The zero-order valence-electron chi connectivity index (χ0n) is 9.89. The summed E-state index contributed by atoms with van der Waals surface area (Å²) in [6.07, 6.45) is 4.31. The number of hydrogen-bond donors (Lipinski definition) is 1. The molecule has 1 aromatic heterocycles. The van der Waals surface area contributed by atoms with Gasteiger partial charge in [0.05, 0.1) is 5.51 Å². The van der Waals surface area contributed by atoms with Gasteiger partial charge in [0.25, 0.3) is 0 Å². The molecule has 0 amide bonds. The Bertz CT molecular complexity index is 491. The van der Waals surface area contributed by atoms with Gasteiger partial charge in [0.15, 0.2) is 0 Å². The summed E-state index contributed by atoms with van der Waals surface area (Å²) in [5.74, 6) is 0.665. The standard InChI is InChI=1S/C14H16N2S/c1-15-14-11(7-12-8-16-9-17-12)6-10-4-2-3-5-13(10)14/h2-5,8-9,11,14-15H,6-7H2,1H3. The van der Waals surface area contributed by atoms with Gasteiger partial charge in [0.2, 0.25) is 0 Å². The second-order valence-electron chi connectivity index (χ2n) is 4.60. The predicted octanol–water partition coefficient (Wildman–Crippen LogP) is 2.82. The molecule has 1 aromatic carbocycles. The molecule has 88 valence electrons. The Balaban J connectivity index is 1.84. The topological polar surface area (TPSA) is 24.9 Å². The molecule has 3 heteroatoms. The minimum Gasteiger partial charge on any atom is -0.313 e. The molecule has 1 aliphatic rings. The quantitative estimate of drug-likeness (QED) is 0.898. The Morgan fingerprint density at radius 2 is 2.29 bits per heavy atom. The van der Waals surface area contributed by atoms with Crippen LogP contribution >= 0.6 is 11.3 Å². The molecule has 2 unspecified atom stereocenters. The first-order valence-electron chi connectivity index (χ1n) is 6.01. The van der Waals surface area contributed by atoms with Gasteiger partial charge in [-0.1, -0.05) is 24.3 Å². The maximum absolute atomic E-state index is 4.16. The zero-order chi connectivity index (χ0) is 11.7. The zero-order valence-corrected chi connectivity index (χ0v) is 10.7. The van der Waals surface area contributed by atoms with Crippen molar-refractivity contribution in [1.82, 2.24) is 10.3 Å². The second-order valence-corrected chi connectivity index (χ2v) is 5.57. The summed E-state index contributed by atoms with van der Waals surface area (Å²) in [6, 6.07) is 9.28. The summed E-state index contributed by atoms with van der Waals surface area (Å²) in [5.41, 5.74) is 4.90. The van der Waals surface area contributed by atoms with Gasteiger partial charge < -0.3 is 5.32 Å². The van der Waals surface area contributed by atoms with Crippen molar-refractivity contribution >= 4 is 11.3 Å². The molecule has 2 atom stereocenters. The molecule has 17 heavy (non-hydrogen) atoms. The Labute approximate surface area is 106 Å². The molecule has 2 aromatic rings. The highest BCUT2D eigenvalue weighted by atomic mass is 32.1. The molecule has 0 saturated carbocycles. The van der Waals surface area contributed by atoms with Gasteiger partial charge in [-0.25, -0.2) is 0 Å². The van der Waals surface area contributed by atoms with Crippen molar-refractivity contribution in [2.45, 2.75) is 18.9 Å². The summed E-state index contributed by atoms with van der Waals surface area (Å²) < 4.78 is 0. The van der Waals surface area contributed by atoms with Gasteiger partial charge in [-0.2, -0.15) is 0 Å². The lowest BCUT2D eigenvalue weighted by Crippen LogP contribution is -2.22. The van der Waals surface area contributed by atoms with Crippen LogP contribution in [0, 0.1) is 5.92 Å². The normalized spacial score (nSPS) is 22.6. The van der Waals surface area contributed by atoms with Gasteiger partial charge >= 0.3 is 0 Å². The molecule has 0 saturated heterocycles. The first kappa shape index (κ1) is 10.9. The molecular formula is C14H16N2S. The fourth-order valence-electron chi connectivity index (χ4n) is 2.86. The Morgan fingerprint density at radius 1 is 1.41 bits per heavy atom. The van der Waals surface area contributed by atoms with Crippen LogP contribution < -0.4 is 5.32 Å². The first-order chi connectivity index (χ1) is 8.38. The summed E-state index contributed by atoms with van der Waals surface area (Å²) in [5, 5.41) is 3.47. The maximum Gasteiger partial charge on any atom is 0.0794 e. The van der Waals surface area contributed by atoms with Gasteiger partial charge in [-0.15, -0.1) is 11.3 Å². The van der Waals surface area contributed by atoms with Crippen LogP contribution in [0.3, 0.4) is 0 Å². The van der Waals surface area contributed by atoms with Crippen molar-refractivity contribution in [1.29, 1.82) is 0 Å². The predicted molar refractivity (Wildman–Crippen MR) is 71.3 cm³/mol. The molecule has 0 radical (unpaired) electrons. The van der Waals surface area contributed by atoms with Gasteiger partial charge in [0, 0.05) is 17.1 Å². The fourth-order valence-corrected chi connectivity index (χ4v) is 3.55.